The van der Waals surface area contributed by atoms with Crippen molar-refractivity contribution in [1.29, 1.82) is 0 Å². The van der Waals surface area contributed by atoms with Crippen molar-refractivity contribution in [3.63, 3.8) is 0 Å². The summed E-state index contributed by atoms with van der Waals surface area (Å²) in [6.07, 6.45) is 0. The monoisotopic (exact) mass is 323 g/mol. The average Bonchev–Trinajstić information content (AvgIpc) is 3.03. The van der Waals surface area contributed by atoms with Gasteiger partial charge in [0.05, 0.1) is 23.0 Å². The second-order valence-electron chi connectivity index (χ2n) is 4.19. The number of nitrogens with one attached hydrogen (secondary N) is 1. The number of methoxy groups -OCH3 is 1. The summed E-state index contributed by atoms with van der Waals surface area (Å²) >= 11 is 2.46. The van der Waals surface area contributed by atoms with Crippen LogP contribution >= 0.6 is 22.7 Å². The zero-order chi connectivity index (χ0) is 15.0. The molecule has 0 spiro atoms. The normalized spacial score (nSPS) is 10.8. The number of nitrogens with zero attached hydrogens (tertiary/aromatic N) is 2. The highest BCUT2D eigenvalue weighted by Gasteiger charge is 2.16. The third-order valence-electron chi connectivity index (χ3n) is 2.82. The molecule has 0 bridgehead atoms. The molecule has 21 heavy (non-hydrogen) atoms. The number of hydrogen-bond donors (Lipinski definition) is 1. The van der Waals surface area contributed by atoms with Crippen molar-refractivity contribution >= 4 is 43.9 Å². The van der Waals surface area contributed by atoms with Crippen LogP contribution in [-0.2, 0) is 0 Å². The van der Waals surface area contributed by atoms with E-state index in [4.69, 9.17) is 4.74 Å². The van der Waals surface area contributed by atoms with Crippen LogP contribution in [0.4, 0.5) is 9.52 Å². The van der Waals surface area contributed by atoms with Gasteiger partial charge in [-0.25, -0.2) is 14.4 Å². The highest BCUT2D eigenvalue weighted by Crippen LogP contribution is 2.33. The molecule has 0 unspecified atom stereocenters. The maximum absolute atomic E-state index is 13.4. The van der Waals surface area contributed by atoms with Gasteiger partial charge in [-0.15, -0.1) is 11.3 Å². The number of benzene rings is 1. The predicted octanol–water partition coefficient (Wildman–Crippen LogP) is 3.46. The zero-order valence-electron chi connectivity index (χ0n) is 11.1. The third-order valence-corrected chi connectivity index (χ3v) is 4.66. The van der Waals surface area contributed by atoms with Gasteiger partial charge in [-0.05, 0) is 13.0 Å². The second-order valence-corrected chi connectivity index (χ2v) is 6.08. The summed E-state index contributed by atoms with van der Waals surface area (Å²) < 4.78 is 19.2. The number of amides is 1. The number of carbonyl (C=O) groups is 1. The lowest BCUT2D eigenvalue weighted by Gasteiger charge is -2.00. The lowest BCUT2D eigenvalue weighted by molar-refractivity contribution is 0.103. The first kappa shape index (κ1) is 13.9. The Hall–Kier alpha value is -2.06. The van der Waals surface area contributed by atoms with E-state index in [9.17, 15) is 9.18 Å². The Labute approximate surface area is 127 Å². The zero-order valence-corrected chi connectivity index (χ0v) is 12.8. The second kappa shape index (κ2) is 5.38. The van der Waals surface area contributed by atoms with Crippen LogP contribution in [0.3, 0.4) is 0 Å². The molecule has 1 amide bonds. The molecule has 8 heteroatoms. The summed E-state index contributed by atoms with van der Waals surface area (Å²) in [4.78, 5) is 21.0. The molecular formula is C13H10FN3O2S2. The molecule has 3 aromatic rings. The van der Waals surface area contributed by atoms with E-state index in [2.05, 4.69) is 15.3 Å². The van der Waals surface area contributed by atoms with E-state index < -0.39 is 5.82 Å². The Morgan fingerprint density at radius 1 is 1.43 bits per heavy atom. The van der Waals surface area contributed by atoms with Crippen molar-refractivity contribution in [2.24, 2.45) is 0 Å². The van der Waals surface area contributed by atoms with Crippen LogP contribution in [0.2, 0.25) is 0 Å². The molecule has 0 saturated carbocycles. The van der Waals surface area contributed by atoms with E-state index in [0.29, 0.717) is 31.7 Å². The average molecular weight is 323 g/mol. The number of anilines is 1. The van der Waals surface area contributed by atoms with E-state index in [1.165, 1.54) is 41.9 Å². The van der Waals surface area contributed by atoms with Gasteiger partial charge in [-0.2, -0.15) is 0 Å². The van der Waals surface area contributed by atoms with Crippen molar-refractivity contribution in [3.8, 4) is 5.75 Å². The number of carbonyl (C=O) groups excluding carboxylic acids is 1. The molecule has 5 nitrogen and oxygen atoms in total. The summed E-state index contributed by atoms with van der Waals surface area (Å²) in [5.74, 6) is -0.330. The quantitative estimate of drug-likeness (QED) is 0.802. The standard InChI is InChI=1S/C13H10FN3O2S2/c1-6-11(20-5-15-6)12(18)17-13-16-10-8(19-2)3-7(14)4-9(10)21-13/h3-5H,1-2H3,(H,16,17,18). The Morgan fingerprint density at radius 2 is 2.24 bits per heavy atom. The Bertz CT molecular complexity index is 828. The summed E-state index contributed by atoms with van der Waals surface area (Å²) in [6.45, 7) is 1.77. The Kier molecular flexibility index (Phi) is 3.56. The van der Waals surface area contributed by atoms with Gasteiger partial charge in [-0.3, -0.25) is 10.1 Å². The smallest absolute Gasteiger partial charge is 0.269 e. The van der Waals surface area contributed by atoms with Crippen molar-refractivity contribution in [3.05, 3.63) is 34.0 Å². The van der Waals surface area contributed by atoms with Gasteiger partial charge in [-0.1, -0.05) is 11.3 Å². The molecule has 2 aromatic heterocycles. The SMILES string of the molecule is COc1cc(F)cc2sc(NC(=O)c3scnc3C)nc12. The van der Waals surface area contributed by atoms with Crippen molar-refractivity contribution in [1.82, 2.24) is 9.97 Å². The van der Waals surface area contributed by atoms with Gasteiger partial charge < -0.3 is 4.74 Å². The number of aryl methyl sites for hydroxylation is 1. The third kappa shape index (κ3) is 2.59. The van der Waals surface area contributed by atoms with E-state index in [1.807, 2.05) is 0 Å². The first-order chi connectivity index (χ1) is 10.1. The Morgan fingerprint density at radius 3 is 2.90 bits per heavy atom. The first-order valence-corrected chi connectivity index (χ1v) is 7.63. The minimum atomic E-state index is -0.404. The highest BCUT2D eigenvalue weighted by atomic mass is 32.1. The number of aromatic nitrogens is 2. The van der Waals surface area contributed by atoms with Gasteiger partial charge in [0.1, 0.15) is 22.0 Å². The fourth-order valence-electron chi connectivity index (χ4n) is 1.85. The predicted molar refractivity (Wildman–Crippen MR) is 80.9 cm³/mol. The fraction of sp³-hybridized carbons (Fsp3) is 0.154. The number of fused-ring (bicyclic) bond motifs is 1. The minimum absolute atomic E-state index is 0.270. The van der Waals surface area contributed by atoms with E-state index in [0.717, 1.165) is 0 Å². The first-order valence-electron chi connectivity index (χ1n) is 5.94. The van der Waals surface area contributed by atoms with Crippen LogP contribution in [0.5, 0.6) is 5.75 Å². The number of ether oxygens (including phenoxy) is 1. The number of halogens is 1. The van der Waals surface area contributed by atoms with Gasteiger partial charge in [0.15, 0.2) is 5.13 Å². The highest BCUT2D eigenvalue weighted by molar-refractivity contribution is 7.22. The minimum Gasteiger partial charge on any atom is -0.494 e. The summed E-state index contributed by atoms with van der Waals surface area (Å²) in [5, 5.41) is 3.10. The van der Waals surface area contributed by atoms with Crippen LogP contribution in [0.25, 0.3) is 10.2 Å². The molecular weight excluding hydrogens is 313 g/mol. The maximum Gasteiger partial charge on any atom is 0.269 e. The largest absolute Gasteiger partial charge is 0.494 e. The van der Waals surface area contributed by atoms with Crippen LogP contribution in [0.1, 0.15) is 15.4 Å². The molecule has 0 saturated heterocycles. The topological polar surface area (TPSA) is 64.1 Å². The van der Waals surface area contributed by atoms with E-state index in [-0.39, 0.29) is 5.91 Å². The molecule has 1 aromatic carbocycles. The van der Waals surface area contributed by atoms with E-state index in [1.54, 1.807) is 12.4 Å². The van der Waals surface area contributed by atoms with Crippen LogP contribution < -0.4 is 10.1 Å². The summed E-state index contributed by atoms with van der Waals surface area (Å²) in [5.41, 5.74) is 2.81. The number of rotatable bonds is 3. The molecule has 0 fully saturated rings. The van der Waals surface area contributed by atoms with Crippen molar-refractivity contribution in [2.45, 2.75) is 6.92 Å². The summed E-state index contributed by atoms with van der Waals surface area (Å²) in [7, 11) is 1.45. The van der Waals surface area contributed by atoms with Crippen LogP contribution in [0.15, 0.2) is 17.6 Å². The van der Waals surface area contributed by atoms with Gasteiger partial charge in [0, 0.05) is 6.07 Å². The van der Waals surface area contributed by atoms with Crippen LogP contribution in [0, 0.1) is 12.7 Å². The molecule has 0 atom stereocenters. The molecule has 108 valence electrons. The number of thiazole rings is 2. The van der Waals surface area contributed by atoms with Gasteiger partial charge in [0.25, 0.3) is 5.91 Å². The van der Waals surface area contributed by atoms with Crippen molar-refractivity contribution < 1.29 is 13.9 Å². The fourth-order valence-corrected chi connectivity index (χ4v) is 3.45. The van der Waals surface area contributed by atoms with Crippen LogP contribution in [-0.4, -0.2) is 23.0 Å². The lowest BCUT2D eigenvalue weighted by Crippen LogP contribution is -2.11. The molecule has 0 aliphatic carbocycles. The van der Waals surface area contributed by atoms with Gasteiger partial charge >= 0.3 is 0 Å². The Balaban J connectivity index is 1.95. The van der Waals surface area contributed by atoms with E-state index >= 15 is 0 Å². The maximum atomic E-state index is 13.4. The molecule has 0 aliphatic heterocycles. The molecule has 2 heterocycles. The van der Waals surface area contributed by atoms with Gasteiger partial charge in [0.2, 0.25) is 0 Å². The molecule has 1 N–H and O–H groups in total. The summed E-state index contributed by atoms with van der Waals surface area (Å²) in [6, 6.07) is 2.63. The molecule has 0 radical (unpaired) electrons. The molecule has 0 aliphatic rings. The lowest BCUT2D eigenvalue weighted by atomic mass is 10.3. The van der Waals surface area contributed by atoms with Crippen molar-refractivity contribution in [2.75, 3.05) is 12.4 Å². The molecule has 3 rings (SSSR count). The number of hydrogen-bond acceptors (Lipinski definition) is 6.